The van der Waals surface area contributed by atoms with Crippen LogP contribution < -0.4 is 10.2 Å². The molecule has 2 amide bonds. The van der Waals surface area contributed by atoms with Gasteiger partial charge in [-0.15, -0.1) is 0 Å². The number of benzene rings is 3. The largest absolute Gasteiger partial charge is 0.347 e. The summed E-state index contributed by atoms with van der Waals surface area (Å²) >= 11 is 1.03. The van der Waals surface area contributed by atoms with Crippen LogP contribution in [0.4, 0.5) is 15.8 Å². The molecule has 0 aromatic heterocycles. The molecule has 1 aliphatic heterocycles. The van der Waals surface area contributed by atoms with Gasteiger partial charge in [0.1, 0.15) is 22.5 Å². The lowest BCUT2D eigenvalue weighted by Crippen LogP contribution is -2.32. The van der Waals surface area contributed by atoms with E-state index in [1.54, 1.807) is 6.07 Å². The molecule has 180 valence electrons. The van der Waals surface area contributed by atoms with Gasteiger partial charge in [0.05, 0.1) is 10.2 Å². The molecule has 8 nitrogen and oxygen atoms in total. The van der Waals surface area contributed by atoms with E-state index in [1.807, 2.05) is 36.4 Å². The highest BCUT2D eigenvalue weighted by Gasteiger charge is 2.41. The summed E-state index contributed by atoms with van der Waals surface area (Å²) in [7, 11) is 0. The molecular formula is C26H19FN4O4S. The molecule has 0 saturated carbocycles. The first kappa shape index (κ1) is 24.6. The van der Waals surface area contributed by atoms with Crippen LogP contribution in [0.15, 0.2) is 89.5 Å². The molecule has 0 aliphatic carbocycles. The molecule has 1 fully saturated rings. The SMILES string of the molecule is N#C/C(C(=O)NCc1ccccc1)=C1/S[C@H](Cc2cccc([N+](=O)[O-])c2)C(=O)N1c1ccc(F)cc1. The normalized spacial score (nSPS) is 16.4. The molecule has 1 saturated heterocycles. The third-order valence-electron chi connectivity index (χ3n) is 5.43. The van der Waals surface area contributed by atoms with Crippen molar-refractivity contribution < 1.29 is 18.9 Å². The molecule has 36 heavy (non-hydrogen) atoms. The standard InChI is InChI=1S/C26H19FN4O4S/c27-19-9-11-20(12-10-19)30-25(33)23(14-18-7-4-8-21(13-18)31(34)35)36-26(30)22(15-28)24(32)29-16-17-5-2-1-3-6-17/h1-13,23H,14,16H2,(H,29,32)/b26-22-/t23-/m1/s1. The summed E-state index contributed by atoms with van der Waals surface area (Å²) in [6.07, 6.45) is 0.136. The van der Waals surface area contributed by atoms with Gasteiger partial charge in [0, 0.05) is 24.4 Å². The van der Waals surface area contributed by atoms with Gasteiger partial charge in [-0.1, -0.05) is 54.2 Å². The van der Waals surface area contributed by atoms with E-state index in [1.165, 1.54) is 47.4 Å². The van der Waals surface area contributed by atoms with Crippen LogP contribution in [0.25, 0.3) is 0 Å². The molecule has 0 spiro atoms. The van der Waals surface area contributed by atoms with Crippen molar-refractivity contribution in [2.24, 2.45) is 0 Å². The number of nitro groups is 1. The Morgan fingerprint density at radius 1 is 1.08 bits per heavy atom. The average Bonchev–Trinajstić information content (AvgIpc) is 3.19. The number of carbonyl (C=O) groups is 2. The number of carbonyl (C=O) groups excluding carboxylic acids is 2. The molecular weight excluding hydrogens is 483 g/mol. The fourth-order valence-electron chi connectivity index (χ4n) is 3.69. The van der Waals surface area contributed by atoms with Crippen LogP contribution in [0.5, 0.6) is 0 Å². The van der Waals surface area contributed by atoms with Gasteiger partial charge in [0.15, 0.2) is 0 Å². The zero-order valence-corrected chi connectivity index (χ0v) is 19.6. The Kier molecular flexibility index (Phi) is 7.42. The maximum absolute atomic E-state index is 13.6. The molecule has 1 atom stereocenters. The number of amides is 2. The third-order valence-corrected chi connectivity index (χ3v) is 6.69. The smallest absolute Gasteiger partial charge is 0.269 e. The van der Waals surface area contributed by atoms with Crippen LogP contribution in [0, 0.1) is 27.3 Å². The molecule has 1 N–H and O–H groups in total. The maximum atomic E-state index is 13.6. The molecule has 0 unspecified atom stereocenters. The number of rotatable bonds is 7. The number of anilines is 1. The van der Waals surface area contributed by atoms with Crippen molar-refractivity contribution in [1.82, 2.24) is 5.32 Å². The highest BCUT2D eigenvalue weighted by molar-refractivity contribution is 8.05. The zero-order chi connectivity index (χ0) is 25.7. The zero-order valence-electron chi connectivity index (χ0n) is 18.8. The van der Waals surface area contributed by atoms with Gasteiger partial charge < -0.3 is 5.32 Å². The van der Waals surface area contributed by atoms with Gasteiger partial charge in [0.2, 0.25) is 5.91 Å². The minimum Gasteiger partial charge on any atom is -0.347 e. The average molecular weight is 503 g/mol. The second-order valence-electron chi connectivity index (χ2n) is 7.85. The monoisotopic (exact) mass is 502 g/mol. The summed E-state index contributed by atoms with van der Waals surface area (Å²) in [6.45, 7) is 0.185. The lowest BCUT2D eigenvalue weighted by atomic mass is 10.1. The van der Waals surface area contributed by atoms with E-state index in [9.17, 15) is 29.4 Å². The van der Waals surface area contributed by atoms with Crippen LogP contribution in [-0.2, 0) is 22.6 Å². The molecule has 1 aliphatic rings. The van der Waals surface area contributed by atoms with Gasteiger partial charge in [-0.25, -0.2) is 4.39 Å². The second-order valence-corrected chi connectivity index (χ2v) is 9.04. The third kappa shape index (κ3) is 5.42. The van der Waals surface area contributed by atoms with Crippen molar-refractivity contribution in [1.29, 1.82) is 5.26 Å². The van der Waals surface area contributed by atoms with Crippen molar-refractivity contribution in [3.05, 3.63) is 117 Å². The van der Waals surface area contributed by atoms with Gasteiger partial charge in [-0.2, -0.15) is 5.26 Å². The Morgan fingerprint density at radius 2 is 1.78 bits per heavy atom. The number of thioether (sulfide) groups is 1. The highest BCUT2D eigenvalue weighted by Crippen LogP contribution is 2.42. The molecule has 3 aromatic carbocycles. The number of halogens is 1. The molecule has 3 aromatic rings. The van der Waals surface area contributed by atoms with Crippen molar-refractivity contribution in [2.45, 2.75) is 18.2 Å². The highest BCUT2D eigenvalue weighted by atomic mass is 32.2. The first-order valence-electron chi connectivity index (χ1n) is 10.8. The number of nitriles is 1. The van der Waals surface area contributed by atoms with Gasteiger partial charge >= 0.3 is 0 Å². The number of non-ortho nitro benzene ring substituents is 1. The van der Waals surface area contributed by atoms with Crippen LogP contribution >= 0.6 is 11.8 Å². The summed E-state index contributed by atoms with van der Waals surface area (Å²) in [5.74, 6) is -1.57. The minimum absolute atomic E-state index is 0.105. The van der Waals surface area contributed by atoms with Crippen molar-refractivity contribution in [2.75, 3.05) is 4.90 Å². The van der Waals surface area contributed by atoms with E-state index in [4.69, 9.17) is 0 Å². The van der Waals surface area contributed by atoms with Crippen LogP contribution in [0.1, 0.15) is 11.1 Å². The molecule has 10 heteroatoms. The minimum atomic E-state index is -0.752. The number of hydrogen-bond donors (Lipinski definition) is 1. The van der Waals surface area contributed by atoms with E-state index in [0.29, 0.717) is 11.3 Å². The predicted octanol–water partition coefficient (Wildman–Crippen LogP) is 4.48. The van der Waals surface area contributed by atoms with E-state index in [2.05, 4.69) is 5.32 Å². The summed E-state index contributed by atoms with van der Waals surface area (Å²) in [5.41, 5.74) is 1.33. The summed E-state index contributed by atoms with van der Waals surface area (Å²) in [4.78, 5) is 38.3. The number of nitro benzene ring substituents is 1. The second kappa shape index (κ2) is 10.8. The van der Waals surface area contributed by atoms with Gasteiger partial charge in [-0.3, -0.25) is 24.6 Å². The van der Waals surface area contributed by atoms with E-state index in [-0.39, 0.29) is 29.3 Å². The van der Waals surface area contributed by atoms with E-state index < -0.39 is 27.8 Å². The quantitative estimate of drug-likeness (QED) is 0.220. The Bertz CT molecular complexity index is 1390. The van der Waals surface area contributed by atoms with E-state index >= 15 is 0 Å². The Labute approximate surface area is 210 Å². The fraction of sp³-hybridized carbons (Fsp3) is 0.115. The lowest BCUT2D eigenvalue weighted by Gasteiger charge is -2.18. The predicted molar refractivity (Wildman–Crippen MR) is 133 cm³/mol. The Morgan fingerprint density at radius 3 is 2.44 bits per heavy atom. The lowest BCUT2D eigenvalue weighted by molar-refractivity contribution is -0.384. The molecule has 1 heterocycles. The van der Waals surface area contributed by atoms with Crippen molar-refractivity contribution in [3.63, 3.8) is 0 Å². The van der Waals surface area contributed by atoms with Gasteiger partial charge in [-0.05, 0) is 41.8 Å². The number of nitrogens with zero attached hydrogens (tertiary/aromatic N) is 3. The maximum Gasteiger partial charge on any atom is 0.269 e. The Balaban J connectivity index is 1.67. The topological polar surface area (TPSA) is 116 Å². The summed E-state index contributed by atoms with van der Waals surface area (Å²) in [6, 6.07) is 22.1. The number of nitrogens with one attached hydrogen (secondary N) is 1. The van der Waals surface area contributed by atoms with Crippen LogP contribution in [0.3, 0.4) is 0 Å². The Hall–Kier alpha value is -4.49. The molecule has 4 rings (SSSR count). The molecule has 0 radical (unpaired) electrons. The van der Waals surface area contributed by atoms with Gasteiger partial charge in [0.25, 0.3) is 11.6 Å². The molecule has 0 bridgehead atoms. The van der Waals surface area contributed by atoms with E-state index in [0.717, 1.165) is 17.3 Å². The summed E-state index contributed by atoms with van der Waals surface area (Å²) < 4.78 is 13.6. The first-order valence-corrected chi connectivity index (χ1v) is 11.7. The van der Waals surface area contributed by atoms with Crippen molar-refractivity contribution in [3.8, 4) is 6.07 Å². The van der Waals surface area contributed by atoms with Crippen molar-refractivity contribution >= 4 is 35.0 Å². The summed E-state index contributed by atoms with van der Waals surface area (Å²) in [5, 5.41) is 23.1. The fourth-order valence-corrected chi connectivity index (χ4v) is 5.00. The van der Waals surface area contributed by atoms with Crippen LogP contribution in [-0.4, -0.2) is 22.0 Å². The van der Waals surface area contributed by atoms with Crippen LogP contribution in [0.2, 0.25) is 0 Å². The number of hydrogen-bond acceptors (Lipinski definition) is 6. The first-order chi connectivity index (χ1) is 17.4.